The van der Waals surface area contributed by atoms with Crippen LogP contribution in [0.5, 0.6) is 0 Å². The Morgan fingerprint density at radius 3 is 2.80 bits per heavy atom. The lowest BCUT2D eigenvalue weighted by molar-refractivity contribution is 0.0951. The molecule has 3 heterocycles. The molecule has 0 bridgehead atoms. The fraction of sp³-hybridized carbons (Fsp3) is 0.407. The Kier molecular flexibility index (Phi) is 5.21. The average molecular weight is 471 g/mol. The molecule has 1 amide bonds. The molecule has 1 saturated carbocycles. The van der Waals surface area contributed by atoms with E-state index in [1.54, 1.807) is 0 Å². The average Bonchev–Trinajstić information content (AvgIpc) is 3.29. The molecule has 8 nitrogen and oxygen atoms in total. The van der Waals surface area contributed by atoms with E-state index < -0.39 is 0 Å². The minimum atomic E-state index is -0.159. The minimum absolute atomic E-state index is 0.0264. The fourth-order valence-corrected chi connectivity index (χ4v) is 5.15. The zero-order chi connectivity index (χ0) is 24.2. The van der Waals surface area contributed by atoms with Crippen LogP contribution in [0.1, 0.15) is 66.3 Å². The van der Waals surface area contributed by atoms with Crippen LogP contribution in [0.2, 0.25) is 0 Å². The van der Waals surface area contributed by atoms with Gasteiger partial charge < -0.3 is 10.4 Å². The van der Waals surface area contributed by atoms with Crippen molar-refractivity contribution in [3.8, 4) is 11.3 Å². The number of hydrogen-bond acceptors (Lipinski definition) is 5. The molecule has 3 aromatic heterocycles. The summed E-state index contributed by atoms with van der Waals surface area (Å²) in [6.45, 7) is 4.59. The molecule has 0 radical (unpaired) electrons. The van der Waals surface area contributed by atoms with Gasteiger partial charge in [-0.25, -0.2) is 4.98 Å². The third-order valence-electron chi connectivity index (χ3n) is 7.11. The van der Waals surface area contributed by atoms with E-state index in [2.05, 4.69) is 40.4 Å². The van der Waals surface area contributed by atoms with Crippen LogP contribution in [0.4, 0.5) is 0 Å². The van der Waals surface area contributed by atoms with Gasteiger partial charge in [-0.3, -0.25) is 14.6 Å². The summed E-state index contributed by atoms with van der Waals surface area (Å²) in [6, 6.07) is 9.84. The minimum Gasteiger partial charge on any atom is -0.396 e. The Morgan fingerprint density at radius 2 is 2.06 bits per heavy atom. The number of aliphatic hydroxyl groups excluding tert-OH is 1. The Balaban J connectivity index is 1.29. The van der Waals surface area contributed by atoms with Gasteiger partial charge in [0.15, 0.2) is 5.65 Å². The van der Waals surface area contributed by atoms with Crippen LogP contribution >= 0.6 is 0 Å². The second kappa shape index (κ2) is 8.30. The summed E-state index contributed by atoms with van der Waals surface area (Å²) >= 11 is 0. The monoisotopic (exact) mass is 470 g/mol. The van der Waals surface area contributed by atoms with Crippen molar-refractivity contribution in [3.63, 3.8) is 0 Å². The lowest BCUT2D eigenvalue weighted by Crippen LogP contribution is -2.25. The Hall–Kier alpha value is -3.52. The van der Waals surface area contributed by atoms with E-state index in [0.29, 0.717) is 23.7 Å². The number of benzene rings is 1. The molecule has 6 rings (SSSR count). The topological polar surface area (TPSA) is 109 Å². The number of aromatic nitrogens is 5. The van der Waals surface area contributed by atoms with Crippen LogP contribution in [0.3, 0.4) is 0 Å². The number of fused-ring (bicyclic) bond motifs is 2. The number of hydrogen-bond donors (Lipinski definition) is 3. The molecule has 0 aliphatic heterocycles. The summed E-state index contributed by atoms with van der Waals surface area (Å²) in [5.74, 6) is -0.0347. The summed E-state index contributed by atoms with van der Waals surface area (Å²) in [5, 5.41) is 26.2. The van der Waals surface area contributed by atoms with Crippen molar-refractivity contribution < 1.29 is 9.90 Å². The first-order chi connectivity index (χ1) is 16.9. The van der Waals surface area contributed by atoms with Crippen LogP contribution in [-0.4, -0.2) is 48.6 Å². The number of amides is 1. The smallest absolute Gasteiger partial charge is 0.251 e. The van der Waals surface area contributed by atoms with E-state index in [1.165, 1.54) is 11.3 Å². The fourth-order valence-electron chi connectivity index (χ4n) is 5.15. The van der Waals surface area contributed by atoms with Crippen LogP contribution in [0, 0.1) is 5.41 Å². The number of pyridine rings is 1. The molecule has 2 aliphatic carbocycles. The SMILES string of the molecule is CC1(C)Cc2[nH]nc(-c3cnc4nn(C(CCO)c5ccc(C(=O)NC6CC6)cc5)cc4c3)c2C1. The molecule has 3 N–H and O–H groups in total. The predicted molar refractivity (Wildman–Crippen MR) is 133 cm³/mol. The number of aliphatic hydroxyl groups is 1. The maximum atomic E-state index is 12.3. The molecule has 1 unspecified atom stereocenters. The van der Waals surface area contributed by atoms with Crippen molar-refractivity contribution in [1.82, 2.24) is 30.3 Å². The standard InChI is InChI=1S/C27H30N6O2/c1-27(2)12-21-22(13-27)30-31-24(21)18-11-19-15-33(32-25(19)28-14-18)23(9-10-34)16-3-5-17(6-4-16)26(35)29-20-7-8-20/h3-6,11,14-15,20,23,34H,7-10,12-13H2,1-2H3,(H,29,35)(H,30,31). The number of rotatable bonds is 7. The van der Waals surface area contributed by atoms with Crippen LogP contribution in [0.25, 0.3) is 22.3 Å². The van der Waals surface area contributed by atoms with E-state index in [-0.39, 0.29) is 24.0 Å². The summed E-state index contributed by atoms with van der Waals surface area (Å²) in [5.41, 5.74) is 7.00. The zero-order valence-electron chi connectivity index (χ0n) is 20.1. The van der Waals surface area contributed by atoms with Gasteiger partial charge in [0.05, 0.1) is 11.7 Å². The molecule has 35 heavy (non-hydrogen) atoms. The highest BCUT2D eigenvalue weighted by atomic mass is 16.3. The first-order valence-corrected chi connectivity index (χ1v) is 12.3. The second-order valence-electron chi connectivity index (χ2n) is 10.7. The molecule has 180 valence electrons. The van der Waals surface area contributed by atoms with Crippen molar-refractivity contribution >= 4 is 16.9 Å². The van der Waals surface area contributed by atoms with E-state index in [0.717, 1.165) is 47.9 Å². The molecule has 8 heteroatoms. The summed E-state index contributed by atoms with van der Waals surface area (Å²) in [7, 11) is 0. The van der Waals surface area contributed by atoms with Crippen LogP contribution in [0.15, 0.2) is 42.7 Å². The first-order valence-electron chi connectivity index (χ1n) is 12.3. The number of nitrogens with one attached hydrogen (secondary N) is 2. The normalized spacial score (nSPS) is 17.5. The quantitative estimate of drug-likeness (QED) is 0.381. The van der Waals surface area contributed by atoms with Gasteiger partial charge in [0.2, 0.25) is 0 Å². The molecule has 0 spiro atoms. The van der Waals surface area contributed by atoms with Gasteiger partial charge in [-0.2, -0.15) is 10.2 Å². The number of aromatic amines is 1. The second-order valence-corrected chi connectivity index (χ2v) is 10.7. The highest BCUT2D eigenvalue weighted by Crippen LogP contribution is 2.40. The number of carbonyl (C=O) groups is 1. The molecule has 2 aliphatic rings. The van der Waals surface area contributed by atoms with Gasteiger partial charge in [0, 0.05) is 52.8 Å². The van der Waals surface area contributed by atoms with Gasteiger partial charge in [-0.05, 0) is 61.3 Å². The van der Waals surface area contributed by atoms with Crippen molar-refractivity contribution in [2.45, 2.75) is 58.0 Å². The molecular weight excluding hydrogens is 440 g/mol. The Labute approximate surface area is 203 Å². The third kappa shape index (κ3) is 4.23. The Bertz CT molecular complexity index is 1400. The zero-order valence-corrected chi connectivity index (χ0v) is 20.1. The van der Waals surface area contributed by atoms with Gasteiger partial charge >= 0.3 is 0 Å². The predicted octanol–water partition coefficient (Wildman–Crippen LogP) is 3.81. The highest BCUT2D eigenvalue weighted by Gasteiger charge is 2.33. The molecule has 0 saturated heterocycles. The van der Waals surface area contributed by atoms with Crippen molar-refractivity contribution in [2.24, 2.45) is 5.41 Å². The summed E-state index contributed by atoms with van der Waals surface area (Å²) < 4.78 is 1.87. The van der Waals surface area contributed by atoms with Gasteiger partial charge in [-0.15, -0.1) is 0 Å². The maximum absolute atomic E-state index is 12.3. The third-order valence-corrected chi connectivity index (χ3v) is 7.11. The summed E-state index contributed by atoms with van der Waals surface area (Å²) in [6.07, 6.45) is 8.46. The van der Waals surface area contributed by atoms with Gasteiger partial charge in [0.25, 0.3) is 5.91 Å². The van der Waals surface area contributed by atoms with Crippen LogP contribution in [-0.2, 0) is 12.8 Å². The summed E-state index contributed by atoms with van der Waals surface area (Å²) in [4.78, 5) is 17.0. The van der Waals surface area contributed by atoms with E-state index in [9.17, 15) is 9.90 Å². The molecule has 1 aromatic carbocycles. The molecule has 1 fully saturated rings. The number of carbonyl (C=O) groups excluding carboxylic acids is 1. The largest absolute Gasteiger partial charge is 0.396 e. The van der Waals surface area contributed by atoms with Crippen LogP contribution < -0.4 is 5.32 Å². The van der Waals surface area contributed by atoms with E-state index in [4.69, 9.17) is 5.10 Å². The van der Waals surface area contributed by atoms with E-state index >= 15 is 0 Å². The van der Waals surface area contributed by atoms with Gasteiger partial charge in [0.1, 0.15) is 0 Å². The van der Waals surface area contributed by atoms with Gasteiger partial charge in [-0.1, -0.05) is 26.0 Å². The molecule has 1 atom stereocenters. The first kappa shape index (κ1) is 22.0. The molecule has 4 aromatic rings. The maximum Gasteiger partial charge on any atom is 0.251 e. The highest BCUT2D eigenvalue weighted by molar-refractivity contribution is 5.94. The van der Waals surface area contributed by atoms with Crippen molar-refractivity contribution in [2.75, 3.05) is 6.61 Å². The Morgan fingerprint density at radius 1 is 1.26 bits per heavy atom. The lowest BCUT2D eigenvalue weighted by atomic mass is 9.90. The van der Waals surface area contributed by atoms with Crippen molar-refractivity contribution in [3.05, 3.63) is 65.1 Å². The number of H-pyrrole nitrogens is 1. The van der Waals surface area contributed by atoms with Crippen molar-refractivity contribution in [1.29, 1.82) is 0 Å². The number of nitrogens with zero attached hydrogens (tertiary/aromatic N) is 4. The van der Waals surface area contributed by atoms with E-state index in [1.807, 2.05) is 41.3 Å². The molecular formula is C27H30N6O2. The lowest BCUT2D eigenvalue weighted by Gasteiger charge is -2.17.